The van der Waals surface area contributed by atoms with E-state index in [1.54, 1.807) is 30.3 Å². The highest BCUT2D eigenvalue weighted by Crippen LogP contribution is 2.40. The van der Waals surface area contributed by atoms with Gasteiger partial charge in [0.05, 0.1) is 5.56 Å². The summed E-state index contributed by atoms with van der Waals surface area (Å²) < 4.78 is 21.1. The van der Waals surface area contributed by atoms with E-state index in [4.69, 9.17) is 4.52 Å². The number of benzene rings is 3. The van der Waals surface area contributed by atoms with E-state index in [1.807, 2.05) is 30.3 Å². The Hall–Kier alpha value is -2.88. The Morgan fingerprint density at radius 3 is 1.88 bits per heavy atom. The van der Waals surface area contributed by atoms with Crippen molar-refractivity contribution < 1.29 is 23.3 Å². The molecule has 3 aromatic rings. The number of phosphoric acid groups is 1. The van der Waals surface area contributed by atoms with Gasteiger partial charge in [0, 0.05) is 0 Å². The highest BCUT2D eigenvalue weighted by atomic mass is 31.2. The molecule has 0 aromatic heterocycles. The number of carbonyl (C=O) groups is 1. The highest BCUT2D eigenvalue weighted by Gasteiger charge is 2.18. The summed E-state index contributed by atoms with van der Waals surface area (Å²) in [6.07, 6.45) is 0. The van der Waals surface area contributed by atoms with Crippen molar-refractivity contribution in [3.63, 3.8) is 0 Å². The van der Waals surface area contributed by atoms with Crippen LogP contribution in [0.4, 0.5) is 0 Å². The predicted molar refractivity (Wildman–Crippen MR) is 92.0 cm³/mol. The summed E-state index contributed by atoms with van der Waals surface area (Å²) in [5, 5.41) is 0. The van der Waals surface area contributed by atoms with Crippen LogP contribution in [0, 0.1) is 0 Å². The minimum Gasteiger partial charge on any atom is -0.736 e. The SMILES string of the molecule is O=C(OP(=O)([O-])Oc1ccccc1)c1ccc(-c2ccccc2)cc1. The molecule has 0 aliphatic heterocycles. The molecule has 0 spiro atoms. The van der Waals surface area contributed by atoms with Crippen molar-refractivity contribution in [1.29, 1.82) is 0 Å². The molecule has 5 nitrogen and oxygen atoms in total. The van der Waals surface area contributed by atoms with E-state index in [-0.39, 0.29) is 11.3 Å². The first-order chi connectivity index (χ1) is 12.0. The van der Waals surface area contributed by atoms with Crippen molar-refractivity contribution in [1.82, 2.24) is 0 Å². The van der Waals surface area contributed by atoms with E-state index in [0.717, 1.165) is 11.1 Å². The predicted octanol–water partition coefficient (Wildman–Crippen LogP) is 4.06. The molecule has 126 valence electrons. The van der Waals surface area contributed by atoms with Gasteiger partial charge < -0.3 is 13.9 Å². The molecule has 0 bridgehead atoms. The lowest BCUT2D eigenvalue weighted by molar-refractivity contribution is -0.211. The second-order valence-electron chi connectivity index (χ2n) is 5.17. The fourth-order valence-corrected chi connectivity index (χ4v) is 2.94. The van der Waals surface area contributed by atoms with Gasteiger partial charge in [0.1, 0.15) is 5.75 Å². The van der Waals surface area contributed by atoms with Gasteiger partial charge >= 0.3 is 13.8 Å². The van der Waals surface area contributed by atoms with Gasteiger partial charge in [-0.25, -0.2) is 9.36 Å². The second-order valence-corrected chi connectivity index (χ2v) is 6.43. The third-order valence-electron chi connectivity index (χ3n) is 3.38. The number of hydrogen-bond donors (Lipinski definition) is 0. The summed E-state index contributed by atoms with van der Waals surface area (Å²) in [6, 6.07) is 23.9. The number of phosphoric ester groups is 1. The largest absolute Gasteiger partial charge is 0.736 e. The Morgan fingerprint density at radius 1 is 0.760 bits per heavy atom. The summed E-state index contributed by atoms with van der Waals surface area (Å²) in [5.74, 6) is -0.915. The maximum atomic E-state index is 12.0. The summed E-state index contributed by atoms with van der Waals surface area (Å²) in [7, 11) is -4.81. The van der Waals surface area contributed by atoms with Crippen molar-refractivity contribution in [2.75, 3.05) is 0 Å². The van der Waals surface area contributed by atoms with Gasteiger partial charge in [-0.2, -0.15) is 0 Å². The van der Waals surface area contributed by atoms with E-state index in [0.29, 0.717) is 0 Å². The smallest absolute Gasteiger partial charge is 0.374 e. The average Bonchev–Trinajstić information content (AvgIpc) is 2.62. The van der Waals surface area contributed by atoms with Crippen LogP contribution in [0.5, 0.6) is 5.75 Å². The first-order valence-electron chi connectivity index (χ1n) is 7.49. The van der Waals surface area contributed by atoms with Crippen molar-refractivity contribution in [3.8, 4) is 16.9 Å². The standard InChI is InChI=1S/C19H15O5P/c20-19(24-25(21,22)23-18-9-5-2-6-10-18)17-13-11-16(12-14-17)15-7-3-1-4-8-15/h1-14H,(H,21,22)/p-1. The molecule has 1 unspecified atom stereocenters. The monoisotopic (exact) mass is 353 g/mol. The van der Waals surface area contributed by atoms with Crippen LogP contribution in [-0.2, 0) is 9.09 Å². The number of hydrogen-bond acceptors (Lipinski definition) is 5. The van der Waals surface area contributed by atoms with E-state index < -0.39 is 13.8 Å². The van der Waals surface area contributed by atoms with Crippen molar-refractivity contribution in [3.05, 3.63) is 90.5 Å². The Balaban J connectivity index is 1.69. The van der Waals surface area contributed by atoms with Gasteiger partial charge in [-0.3, -0.25) is 0 Å². The average molecular weight is 353 g/mol. The zero-order chi connectivity index (χ0) is 17.7. The Morgan fingerprint density at radius 2 is 1.28 bits per heavy atom. The topological polar surface area (TPSA) is 75.7 Å². The fraction of sp³-hybridized carbons (Fsp3) is 0. The lowest BCUT2D eigenvalue weighted by Crippen LogP contribution is -2.15. The van der Waals surface area contributed by atoms with E-state index in [2.05, 4.69) is 4.52 Å². The first kappa shape index (κ1) is 17.0. The number of para-hydroxylation sites is 1. The minimum absolute atomic E-state index is 0.0769. The maximum absolute atomic E-state index is 12.0. The highest BCUT2D eigenvalue weighted by molar-refractivity contribution is 7.47. The molecule has 1 atom stereocenters. The zero-order valence-corrected chi connectivity index (χ0v) is 14.0. The van der Waals surface area contributed by atoms with Gasteiger partial charge in [-0.1, -0.05) is 60.7 Å². The van der Waals surface area contributed by atoms with Crippen LogP contribution in [0.2, 0.25) is 0 Å². The number of rotatable bonds is 5. The molecule has 0 radical (unpaired) electrons. The summed E-state index contributed by atoms with van der Waals surface area (Å²) in [4.78, 5) is 23.9. The van der Waals surface area contributed by atoms with Crippen LogP contribution in [0.25, 0.3) is 11.1 Å². The Bertz CT molecular complexity index is 892. The van der Waals surface area contributed by atoms with Crippen molar-refractivity contribution in [2.24, 2.45) is 0 Å². The van der Waals surface area contributed by atoms with Gasteiger partial charge in [-0.05, 0) is 35.4 Å². The summed E-state index contributed by atoms with van der Waals surface area (Å²) in [5.41, 5.74) is 2.01. The first-order valence-corrected chi connectivity index (χ1v) is 8.95. The van der Waals surface area contributed by atoms with Crippen LogP contribution < -0.4 is 9.42 Å². The van der Waals surface area contributed by atoms with Crippen LogP contribution >= 0.6 is 7.82 Å². The quantitative estimate of drug-likeness (QED) is 0.647. The van der Waals surface area contributed by atoms with Crippen LogP contribution in [0.15, 0.2) is 84.9 Å². The molecule has 0 heterocycles. The summed E-state index contributed by atoms with van der Waals surface area (Å²) >= 11 is 0. The third kappa shape index (κ3) is 4.57. The molecule has 0 fully saturated rings. The van der Waals surface area contributed by atoms with Crippen molar-refractivity contribution >= 4 is 13.8 Å². The Kier molecular flexibility index (Phi) is 4.98. The van der Waals surface area contributed by atoms with E-state index in [9.17, 15) is 14.3 Å². The second kappa shape index (κ2) is 7.34. The maximum Gasteiger partial charge on any atom is 0.374 e. The molecular weight excluding hydrogens is 339 g/mol. The zero-order valence-electron chi connectivity index (χ0n) is 13.1. The van der Waals surface area contributed by atoms with Gasteiger partial charge in [0.25, 0.3) is 0 Å². The van der Waals surface area contributed by atoms with E-state index in [1.165, 1.54) is 24.3 Å². The lowest BCUT2D eigenvalue weighted by atomic mass is 10.0. The molecule has 0 aliphatic carbocycles. The minimum atomic E-state index is -4.81. The molecule has 0 aliphatic rings. The molecule has 0 saturated carbocycles. The number of carbonyl (C=O) groups excluding carboxylic acids is 1. The molecule has 3 rings (SSSR count). The summed E-state index contributed by atoms with van der Waals surface area (Å²) in [6.45, 7) is 0. The molecule has 3 aromatic carbocycles. The lowest BCUT2D eigenvalue weighted by Gasteiger charge is -2.22. The molecule has 25 heavy (non-hydrogen) atoms. The normalized spacial score (nSPS) is 12.8. The van der Waals surface area contributed by atoms with Crippen LogP contribution in [0.3, 0.4) is 0 Å². The van der Waals surface area contributed by atoms with Crippen LogP contribution in [-0.4, -0.2) is 5.97 Å². The van der Waals surface area contributed by atoms with Gasteiger partial charge in [-0.15, -0.1) is 0 Å². The van der Waals surface area contributed by atoms with Gasteiger partial charge in [0.15, 0.2) is 0 Å². The van der Waals surface area contributed by atoms with Crippen LogP contribution in [0.1, 0.15) is 10.4 Å². The molecule has 0 amide bonds. The Labute approximate surface area is 145 Å². The van der Waals surface area contributed by atoms with Crippen molar-refractivity contribution in [2.45, 2.75) is 0 Å². The van der Waals surface area contributed by atoms with Gasteiger partial charge in [0.2, 0.25) is 0 Å². The molecule has 0 saturated heterocycles. The molecular formula is C19H14O5P-. The fourth-order valence-electron chi connectivity index (χ4n) is 2.21. The van der Waals surface area contributed by atoms with E-state index >= 15 is 0 Å². The molecule has 6 heteroatoms. The third-order valence-corrected chi connectivity index (χ3v) is 4.21. The molecule has 0 N–H and O–H groups in total.